The van der Waals surface area contributed by atoms with E-state index in [-0.39, 0.29) is 12.5 Å². The molecule has 0 unspecified atom stereocenters. The molecule has 22 heavy (non-hydrogen) atoms. The summed E-state index contributed by atoms with van der Waals surface area (Å²) in [7, 11) is 0. The van der Waals surface area contributed by atoms with Crippen molar-refractivity contribution >= 4 is 28.6 Å². The molecule has 1 aromatic heterocycles. The number of hydrogen-bond acceptors (Lipinski definition) is 3. The van der Waals surface area contributed by atoms with E-state index in [0.29, 0.717) is 0 Å². The Bertz CT molecular complexity index is 733. The molecule has 0 saturated heterocycles. The van der Waals surface area contributed by atoms with E-state index in [1.54, 1.807) is 6.20 Å². The number of hydrogen-bond donors (Lipinski definition) is 4. The molecular weight excluding hydrogens is 284 g/mol. The van der Waals surface area contributed by atoms with Crippen LogP contribution < -0.4 is 16.2 Å². The number of amides is 3. The molecule has 3 rings (SSSR count). The Morgan fingerprint density at radius 1 is 1.09 bits per heavy atom. The highest BCUT2D eigenvalue weighted by Gasteiger charge is 2.26. The standard InChI is InChI=1S/C15H16N4O3/c20-13(18-19-15(22)14(21)17-10-5-6-10)7-9-8-16-12-4-2-1-3-11(9)12/h1-4,8,10,16H,5-7H2,(H,17,21)(H,18,20)(H,19,22). The summed E-state index contributed by atoms with van der Waals surface area (Å²) in [6.45, 7) is 0. The molecule has 0 spiro atoms. The zero-order valence-electron chi connectivity index (χ0n) is 11.8. The number of rotatable bonds is 3. The van der Waals surface area contributed by atoms with E-state index < -0.39 is 17.7 Å². The summed E-state index contributed by atoms with van der Waals surface area (Å²) in [6.07, 6.45) is 3.65. The Morgan fingerprint density at radius 2 is 1.86 bits per heavy atom. The van der Waals surface area contributed by atoms with Gasteiger partial charge in [-0.2, -0.15) is 0 Å². The highest BCUT2D eigenvalue weighted by Crippen LogP contribution is 2.18. The van der Waals surface area contributed by atoms with E-state index >= 15 is 0 Å². The van der Waals surface area contributed by atoms with Crippen molar-refractivity contribution in [2.45, 2.75) is 25.3 Å². The van der Waals surface area contributed by atoms with Gasteiger partial charge in [0.1, 0.15) is 0 Å². The van der Waals surface area contributed by atoms with Crippen molar-refractivity contribution in [3.05, 3.63) is 36.0 Å². The van der Waals surface area contributed by atoms with Crippen LogP contribution in [0.2, 0.25) is 0 Å². The number of nitrogens with one attached hydrogen (secondary N) is 4. The molecule has 0 atom stereocenters. The second kappa shape index (κ2) is 5.88. The third kappa shape index (κ3) is 3.25. The van der Waals surface area contributed by atoms with Gasteiger partial charge in [0.15, 0.2) is 0 Å². The molecule has 1 aliphatic carbocycles. The molecule has 1 aromatic carbocycles. The van der Waals surface area contributed by atoms with Gasteiger partial charge < -0.3 is 10.3 Å². The lowest BCUT2D eigenvalue weighted by atomic mass is 10.1. The Hall–Kier alpha value is -2.83. The number of aromatic nitrogens is 1. The molecule has 0 radical (unpaired) electrons. The van der Waals surface area contributed by atoms with E-state index in [1.807, 2.05) is 24.3 Å². The molecule has 0 bridgehead atoms. The minimum absolute atomic E-state index is 0.0974. The van der Waals surface area contributed by atoms with Gasteiger partial charge in [-0.15, -0.1) is 0 Å². The second-order valence-electron chi connectivity index (χ2n) is 5.29. The summed E-state index contributed by atoms with van der Waals surface area (Å²) in [5.41, 5.74) is 6.13. The molecule has 1 fully saturated rings. The van der Waals surface area contributed by atoms with E-state index in [1.165, 1.54) is 0 Å². The summed E-state index contributed by atoms with van der Waals surface area (Å²) >= 11 is 0. The zero-order chi connectivity index (χ0) is 15.5. The molecule has 114 valence electrons. The van der Waals surface area contributed by atoms with Crippen LogP contribution in [-0.4, -0.2) is 28.7 Å². The predicted molar refractivity (Wildman–Crippen MR) is 79.5 cm³/mol. The maximum Gasteiger partial charge on any atom is 0.327 e. The molecule has 1 saturated carbocycles. The summed E-state index contributed by atoms with van der Waals surface area (Å²) < 4.78 is 0. The largest absolute Gasteiger partial charge is 0.361 e. The fourth-order valence-corrected chi connectivity index (χ4v) is 2.16. The number of benzene rings is 1. The highest BCUT2D eigenvalue weighted by atomic mass is 16.2. The van der Waals surface area contributed by atoms with Crippen LogP contribution in [0.15, 0.2) is 30.5 Å². The molecule has 1 heterocycles. The van der Waals surface area contributed by atoms with Crippen LogP contribution in [0.5, 0.6) is 0 Å². The van der Waals surface area contributed by atoms with Gasteiger partial charge in [0, 0.05) is 23.1 Å². The topological polar surface area (TPSA) is 103 Å². The first-order valence-corrected chi connectivity index (χ1v) is 7.08. The Morgan fingerprint density at radius 3 is 2.64 bits per heavy atom. The van der Waals surface area contributed by atoms with Gasteiger partial charge in [0.2, 0.25) is 5.91 Å². The van der Waals surface area contributed by atoms with Crippen LogP contribution in [-0.2, 0) is 20.8 Å². The molecule has 2 aromatic rings. The number of aromatic amines is 1. The summed E-state index contributed by atoms with van der Waals surface area (Å²) in [5, 5.41) is 3.49. The normalized spacial score (nSPS) is 13.6. The number of H-pyrrole nitrogens is 1. The van der Waals surface area contributed by atoms with Gasteiger partial charge in [-0.05, 0) is 24.5 Å². The lowest BCUT2D eigenvalue weighted by molar-refractivity contribution is -0.140. The second-order valence-corrected chi connectivity index (χ2v) is 5.29. The smallest absolute Gasteiger partial charge is 0.327 e. The van der Waals surface area contributed by atoms with Gasteiger partial charge in [-0.3, -0.25) is 25.2 Å². The third-order valence-electron chi connectivity index (χ3n) is 3.46. The summed E-state index contributed by atoms with van der Waals surface area (Å²) in [6, 6.07) is 7.72. The fourth-order valence-electron chi connectivity index (χ4n) is 2.16. The lowest BCUT2D eigenvalue weighted by Crippen LogP contribution is -2.49. The van der Waals surface area contributed by atoms with Gasteiger partial charge in [0.05, 0.1) is 6.42 Å². The van der Waals surface area contributed by atoms with E-state index in [2.05, 4.69) is 21.2 Å². The van der Waals surface area contributed by atoms with Gasteiger partial charge in [-0.25, -0.2) is 0 Å². The fraction of sp³-hybridized carbons (Fsp3) is 0.267. The van der Waals surface area contributed by atoms with Crippen molar-refractivity contribution in [2.24, 2.45) is 0 Å². The van der Waals surface area contributed by atoms with Crippen molar-refractivity contribution in [2.75, 3.05) is 0 Å². The molecule has 3 amide bonds. The van der Waals surface area contributed by atoms with Crippen LogP contribution in [0.25, 0.3) is 10.9 Å². The summed E-state index contributed by atoms with van der Waals surface area (Å²) in [4.78, 5) is 37.8. The van der Waals surface area contributed by atoms with E-state index in [4.69, 9.17) is 0 Å². The Labute approximate surface area is 126 Å². The van der Waals surface area contributed by atoms with Gasteiger partial charge in [-0.1, -0.05) is 18.2 Å². The minimum Gasteiger partial charge on any atom is -0.361 e. The maximum atomic E-state index is 11.8. The average Bonchev–Trinajstić information content (AvgIpc) is 3.24. The monoisotopic (exact) mass is 300 g/mol. The lowest BCUT2D eigenvalue weighted by Gasteiger charge is -2.07. The van der Waals surface area contributed by atoms with Crippen molar-refractivity contribution in [1.29, 1.82) is 0 Å². The number of para-hydroxylation sites is 1. The first-order valence-electron chi connectivity index (χ1n) is 7.08. The Kier molecular flexibility index (Phi) is 3.78. The van der Waals surface area contributed by atoms with Gasteiger partial charge in [0.25, 0.3) is 0 Å². The van der Waals surface area contributed by atoms with E-state index in [9.17, 15) is 14.4 Å². The van der Waals surface area contributed by atoms with Crippen molar-refractivity contribution in [1.82, 2.24) is 21.2 Å². The molecule has 1 aliphatic rings. The van der Waals surface area contributed by atoms with Crippen molar-refractivity contribution in [3.8, 4) is 0 Å². The van der Waals surface area contributed by atoms with Crippen molar-refractivity contribution in [3.63, 3.8) is 0 Å². The average molecular weight is 300 g/mol. The third-order valence-corrected chi connectivity index (χ3v) is 3.46. The SMILES string of the molecule is O=C(Cc1c[nH]c2ccccc12)NNC(=O)C(=O)NC1CC1. The maximum absolute atomic E-state index is 11.8. The van der Waals surface area contributed by atoms with Crippen molar-refractivity contribution < 1.29 is 14.4 Å². The van der Waals surface area contributed by atoms with Gasteiger partial charge >= 0.3 is 11.8 Å². The molecule has 4 N–H and O–H groups in total. The molecule has 0 aliphatic heterocycles. The number of hydrazine groups is 1. The zero-order valence-corrected chi connectivity index (χ0v) is 11.8. The van der Waals surface area contributed by atoms with Crippen LogP contribution in [0.3, 0.4) is 0 Å². The first kappa shape index (κ1) is 14.1. The van der Waals surface area contributed by atoms with Crippen LogP contribution in [0.1, 0.15) is 18.4 Å². The highest BCUT2D eigenvalue weighted by molar-refractivity contribution is 6.35. The quantitative estimate of drug-likeness (QED) is 0.479. The minimum atomic E-state index is -0.862. The van der Waals surface area contributed by atoms with Crippen LogP contribution >= 0.6 is 0 Å². The van der Waals surface area contributed by atoms with E-state index in [0.717, 1.165) is 29.3 Å². The number of carbonyl (C=O) groups is 3. The number of carbonyl (C=O) groups excluding carboxylic acids is 3. The predicted octanol–water partition coefficient (Wildman–Crippen LogP) is 0.136. The molecule has 7 nitrogen and oxygen atoms in total. The molecular formula is C15H16N4O3. The molecule has 7 heteroatoms. The Balaban J connectivity index is 1.51. The number of fused-ring (bicyclic) bond motifs is 1. The van der Waals surface area contributed by atoms with Crippen LogP contribution in [0, 0.1) is 0 Å². The van der Waals surface area contributed by atoms with Crippen LogP contribution in [0.4, 0.5) is 0 Å². The first-order chi connectivity index (χ1) is 10.6. The summed E-state index contributed by atoms with van der Waals surface area (Å²) in [5.74, 6) is -1.98.